The highest BCUT2D eigenvalue weighted by Crippen LogP contribution is 2.21. The fourth-order valence-corrected chi connectivity index (χ4v) is 2.98. The van der Waals surface area contributed by atoms with Crippen LogP contribution in [0.4, 0.5) is 11.6 Å². The molecular formula is C22H19N5O. The van der Waals surface area contributed by atoms with Crippen molar-refractivity contribution in [2.24, 2.45) is 0 Å². The second kappa shape index (κ2) is 7.84. The van der Waals surface area contributed by atoms with E-state index in [1.807, 2.05) is 72.6 Å². The number of carbonyl (C=O) groups is 1. The topological polar surface area (TPSA) is 71.0 Å². The molecule has 138 valence electrons. The Labute approximate surface area is 162 Å². The van der Waals surface area contributed by atoms with Gasteiger partial charge in [0.15, 0.2) is 0 Å². The standard InChI is InChI=1S/C22H19N5O/c1-27(15-16-7-3-2-4-8-16)22-24-14-12-19(26-22)21(28)25-18-11-5-9-17-10-6-13-23-20(17)18/h2-14H,15H2,1H3,(H,25,28). The monoisotopic (exact) mass is 369 g/mol. The van der Waals surface area contributed by atoms with Crippen LogP contribution in [-0.4, -0.2) is 27.9 Å². The van der Waals surface area contributed by atoms with Gasteiger partial charge in [0.05, 0.1) is 11.2 Å². The summed E-state index contributed by atoms with van der Waals surface area (Å²) in [6, 6.07) is 21.2. The molecule has 1 N–H and O–H groups in total. The smallest absolute Gasteiger partial charge is 0.274 e. The average molecular weight is 369 g/mol. The molecule has 6 nitrogen and oxygen atoms in total. The Kier molecular flexibility index (Phi) is 4.93. The summed E-state index contributed by atoms with van der Waals surface area (Å²) < 4.78 is 0. The van der Waals surface area contributed by atoms with E-state index in [-0.39, 0.29) is 5.91 Å². The maximum Gasteiger partial charge on any atom is 0.274 e. The Morgan fingerprint density at radius 2 is 1.75 bits per heavy atom. The van der Waals surface area contributed by atoms with Crippen LogP contribution in [0, 0.1) is 0 Å². The van der Waals surface area contributed by atoms with Crippen LogP contribution in [0.15, 0.2) is 79.1 Å². The van der Waals surface area contributed by atoms with Crippen LogP contribution in [0.2, 0.25) is 0 Å². The molecule has 0 fully saturated rings. The molecule has 0 unspecified atom stereocenters. The zero-order chi connectivity index (χ0) is 19.3. The van der Waals surface area contributed by atoms with E-state index in [4.69, 9.17) is 0 Å². The first-order chi connectivity index (χ1) is 13.7. The first-order valence-electron chi connectivity index (χ1n) is 8.94. The summed E-state index contributed by atoms with van der Waals surface area (Å²) in [6.45, 7) is 0.652. The fourth-order valence-electron chi connectivity index (χ4n) is 2.98. The van der Waals surface area contributed by atoms with Gasteiger partial charge in [0.2, 0.25) is 5.95 Å². The van der Waals surface area contributed by atoms with Gasteiger partial charge in [-0.1, -0.05) is 48.5 Å². The first kappa shape index (κ1) is 17.6. The molecule has 2 aromatic heterocycles. The van der Waals surface area contributed by atoms with E-state index < -0.39 is 0 Å². The first-order valence-corrected chi connectivity index (χ1v) is 8.94. The molecule has 4 aromatic rings. The number of rotatable bonds is 5. The largest absolute Gasteiger partial charge is 0.340 e. The minimum atomic E-state index is -0.296. The normalized spacial score (nSPS) is 10.6. The maximum atomic E-state index is 12.7. The van der Waals surface area contributed by atoms with Crippen LogP contribution in [-0.2, 0) is 6.54 Å². The van der Waals surface area contributed by atoms with Crippen molar-refractivity contribution in [3.05, 3.63) is 90.4 Å². The highest BCUT2D eigenvalue weighted by molar-refractivity contribution is 6.07. The van der Waals surface area contributed by atoms with E-state index in [0.717, 1.165) is 16.5 Å². The average Bonchev–Trinajstić information content (AvgIpc) is 2.75. The van der Waals surface area contributed by atoms with Crippen molar-refractivity contribution < 1.29 is 4.79 Å². The van der Waals surface area contributed by atoms with E-state index in [2.05, 4.69) is 20.3 Å². The van der Waals surface area contributed by atoms with Crippen molar-refractivity contribution in [2.75, 3.05) is 17.3 Å². The number of nitrogens with one attached hydrogen (secondary N) is 1. The number of nitrogens with zero attached hydrogens (tertiary/aromatic N) is 4. The van der Waals surface area contributed by atoms with Gasteiger partial charge < -0.3 is 10.2 Å². The van der Waals surface area contributed by atoms with Crippen molar-refractivity contribution in [3.63, 3.8) is 0 Å². The minimum absolute atomic E-state index is 0.296. The van der Waals surface area contributed by atoms with Gasteiger partial charge >= 0.3 is 0 Å². The van der Waals surface area contributed by atoms with E-state index in [1.54, 1.807) is 18.5 Å². The number of fused-ring (bicyclic) bond motifs is 1. The zero-order valence-corrected chi connectivity index (χ0v) is 15.4. The summed E-state index contributed by atoms with van der Waals surface area (Å²) in [5.74, 6) is 0.197. The Balaban J connectivity index is 1.54. The van der Waals surface area contributed by atoms with Crippen LogP contribution >= 0.6 is 0 Å². The fraction of sp³-hybridized carbons (Fsp3) is 0.0909. The van der Waals surface area contributed by atoms with E-state index in [1.165, 1.54) is 0 Å². The van der Waals surface area contributed by atoms with Crippen molar-refractivity contribution >= 4 is 28.4 Å². The highest BCUT2D eigenvalue weighted by atomic mass is 16.1. The molecular weight excluding hydrogens is 350 g/mol. The number of anilines is 2. The molecule has 0 saturated carbocycles. The number of pyridine rings is 1. The molecule has 28 heavy (non-hydrogen) atoms. The second-order valence-corrected chi connectivity index (χ2v) is 6.42. The van der Waals surface area contributed by atoms with Crippen LogP contribution in [0.25, 0.3) is 10.9 Å². The predicted octanol–water partition coefficient (Wildman–Crippen LogP) is 3.91. The SMILES string of the molecule is CN(Cc1ccccc1)c1nccc(C(=O)Nc2cccc3cccnc23)n1. The van der Waals surface area contributed by atoms with E-state index in [9.17, 15) is 4.79 Å². The van der Waals surface area contributed by atoms with Crippen LogP contribution in [0.5, 0.6) is 0 Å². The van der Waals surface area contributed by atoms with Gasteiger partial charge in [0.1, 0.15) is 5.69 Å². The van der Waals surface area contributed by atoms with Crippen LogP contribution < -0.4 is 10.2 Å². The lowest BCUT2D eigenvalue weighted by Crippen LogP contribution is -2.21. The van der Waals surface area contributed by atoms with Gasteiger partial charge in [-0.05, 0) is 23.8 Å². The molecule has 0 atom stereocenters. The number of para-hydroxylation sites is 1. The van der Waals surface area contributed by atoms with Crippen molar-refractivity contribution in [1.29, 1.82) is 0 Å². The molecule has 4 rings (SSSR count). The van der Waals surface area contributed by atoms with Gasteiger partial charge in [-0.15, -0.1) is 0 Å². The van der Waals surface area contributed by atoms with Gasteiger partial charge in [-0.25, -0.2) is 9.97 Å². The van der Waals surface area contributed by atoms with Crippen molar-refractivity contribution in [1.82, 2.24) is 15.0 Å². The molecule has 0 aliphatic carbocycles. The van der Waals surface area contributed by atoms with Crippen molar-refractivity contribution in [3.8, 4) is 0 Å². The molecule has 2 aromatic carbocycles. The Hall–Kier alpha value is -3.80. The number of aromatic nitrogens is 3. The van der Waals surface area contributed by atoms with Gasteiger partial charge in [0.25, 0.3) is 5.91 Å². The van der Waals surface area contributed by atoms with Gasteiger partial charge in [0, 0.05) is 31.4 Å². The molecule has 2 heterocycles. The number of carbonyl (C=O) groups excluding carboxylic acids is 1. The summed E-state index contributed by atoms with van der Waals surface area (Å²) in [5.41, 5.74) is 2.85. The lowest BCUT2D eigenvalue weighted by Gasteiger charge is -2.17. The lowest BCUT2D eigenvalue weighted by atomic mass is 10.2. The van der Waals surface area contributed by atoms with Gasteiger partial charge in [-0.2, -0.15) is 0 Å². The third-order valence-corrected chi connectivity index (χ3v) is 4.36. The van der Waals surface area contributed by atoms with Crippen LogP contribution in [0.3, 0.4) is 0 Å². The molecule has 0 bridgehead atoms. The number of hydrogen-bond acceptors (Lipinski definition) is 5. The summed E-state index contributed by atoms with van der Waals surface area (Å²) in [5, 5.41) is 3.87. The third kappa shape index (κ3) is 3.81. The molecule has 0 spiro atoms. The molecule has 0 aliphatic rings. The molecule has 0 aliphatic heterocycles. The minimum Gasteiger partial charge on any atom is -0.340 e. The van der Waals surface area contributed by atoms with Crippen LogP contribution in [0.1, 0.15) is 16.1 Å². The summed E-state index contributed by atoms with van der Waals surface area (Å²) >= 11 is 0. The van der Waals surface area contributed by atoms with Crippen molar-refractivity contribution in [2.45, 2.75) is 6.54 Å². The molecule has 0 saturated heterocycles. The number of benzene rings is 2. The summed E-state index contributed by atoms with van der Waals surface area (Å²) in [7, 11) is 1.90. The Morgan fingerprint density at radius 3 is 2.61 bits per heavy atom. The second-order valence-electron chi connectivity index (χ2n) is 6.42. The highest BCUT2D eigenvalue weighted by Gasteiger charge is 2.13. The summed E-state index contributed by atoms with van der Waals surface area (Å²) in [6.07, 6.45) is 3.30. The van der Waals surface area contributed by atoms with E-state index in [0.29, 0.717) is 23.9 Å². The number of hydrogen-bond donors (Lipinski definition) is 1. The molecule has 0 radical (unpaired) electrons. The molecule has 1 amide bonds. The maximum absolute atomic E-state index is 12.7. The lowest BCUT2D eigenvalue weighted by molar-refractivity contribution is 0.102. The quantitative estimate of drug-likeness (QED) is 0.577. The zero-order valence-electron chi connectivity index (χ0n) is 15.4. The predicted molar refractivity (Wildman–Crippen MR) is 110 cm³/mol. The number of amides is 1. The summed E-state index contributed by atoms with van der Waals surface area (Å²) in [4.78, 5) is 27.7. The van der Waals surface area contributed by atoms with E-state index >= 15 is 0 Å². The third-order valence-electron chi connectivity index (χ3n) is 4.36. The Morgan fingerprint density at radius 1 is 0.929 bits per heavy atom. The molecule has 6 heteroatoms. The Bertz CT molecular complexity index is 1110. The van der Waals surface area contributed by atoms with Gasteiger partial charge in [-0.3, -0.25) is 9.78 Å².